The highest BCUT2D eigenvalue weighted by molar-refractivity contribution is 5.90. The highest BCUT2D eigenvalue weighted by Gasteiger charge is 2.54. The van der Waals surface area contributed by atoms with E-state index in [1.54, 1.807) is 21.7 Å². The molecule has 0 fully saturated rings. The van der Waals surface area contributed by atoms with Gasteiger partial charge in [0, 0.05) is 42.8 Å². The zero-order valence-corrected chi connectivity index (χ0v) is 24.4. The summed E-state index contributed by atoms with van der Waals surface area (Å²) in [4.78, 5) is 13.0. The minimum atomic E-state index is -5.03. The van der Waals surface area contributed by atoms with Crippen LogP contribution >= 0.6 is 0 Å². The molecule has 0 saturated carbocycles. The summed E-state index contributed by atoms with van der Waals surface area (Å²) in [7, 11) is 0. The van der Waals surface area contributed by atoms with Crippen LogP contribution < -0.4 is 5.32 Å². The van der Waals surface area contributed by atoms with E-state index in [1.165, 1.54) is 13.8 Å². The van der Waals surface area contributed by atoms with Crippen LogP contribution in [0.4, 0.5) is 35.1 Å². The molecule has 0 bridgehead atoms. The van der Waals surface area contributed by atoms with Crippen molar-refractivity contribution in [2.24, 2.45) is 0 Å². The van der Waals surface area contributed by atoms with Crippen LogP contribution in [0.1, 0.15) is 65.5 Å². The maximum atomic E-state index is 16.6. The smallest absolute Gasteiger partial charge is 0.344 e. The van der Waals surface area contributed by atoms with Crippen molar-refractivity contribution in [2.75, 3.05) is 6.54 Å². The number of nitrogens with one attached hydrogen (secondary N) is 1. The number of halogens is 8. The zero-order chi connectivity index (χ0) is 32.7. The molecule has 0 spiro atoms. The van der Waals surface area contributed by atoms with E-state index in [4.69, 9.17) is 5.10 Å². The summed E-state index contributed by atoms with van der Waals surface area (Å²) in [6.45, 7) is 4.66. The van der Waals surface area contributed by atoms with Gasteiger partial charge in [-0.05, 0) is 49.6 Å². The van der Waals surface area contributed by atoms with Crippen LogP contribution in [0.15, 0.2) is 54.1 Å². The molecule has 238 valence electrons. The molecule has 0 saturated heterocycles. The van der Waals surface area contributed by atoms with Crippen molar-refractivity contribution >= 4 is 12.0 Å². The van der Waals surface area contributed by atoms with E-state index in [9.17, 15) is 31.1 Å². The third-order valence-electron chi connectivity index (χ3n) is 9.13. The number of carbonyl (C=O) groups excluding carboxylic acids is 1. The molecule has 3 heterocycles. The van der Waals surface area contributed by atoms with Crippen LogP contribution in [-0.2, 0) is 48.5 Å². The van der Waals surface area contributed by atoms with Crippen LogP contribution in [-0.4, -0.2) is 33.2 Å². The van der Waals surface area contributed by atoms with Gasteiger partial charge in [-0.1, -0.05) is 31.2 Å². The predicted molar refractivity (Wildman–Crippen MR) is 149 cm³/mol. The van der Waals surface area contributed by atoms with Crippen LogP contribution in [0.2, 0.25) is 0 Å². The van der Waals surface area contributed by atoms with Gasteiger partial charge in [0.2, 0.25) is 6.41 Å². The SMILES string of the molecule is CCc1cccc2c1-n1nc3c(c1C1(C)C(F)=CC(C)(NC=O)C(F)=C21)CN(Cc1ccc(C(F)(F)F)cc1C(F)(F)F)CC3. The average Bonchev–Trinajstić information content (AvgIpc) is 3.35. The van der Waals surface area contributed by atoms with E-state index in [-0.39, 0.29) is 43.3 Å². The molecule has 2 aromatic carbocycles. The summed E-state index contributed by atoms with van der Waals surface area (Å²) in [6, 6.07) is 6.82. The molecule has 6 rings (SSSR count). The van der Waals surface area contributed by atoms with Crippen molar-refractivity contribution in [2.45, 2.75) is 70.0 Å². The van der Waals surface area contributed by atoms with Crippen molar-refractivity contribution in [3.05, 3.63) is 98.9 Å². The van der Waals surface area contributed by atoms with Gasteiger partial charge in [-0.25, -0.2) is 13.5 Å². The van der Waals surface area contributed by atoms with Crippen LogP contribution in [0.5, 0.6) is 0 Å². The Labute approximate surface area is 253 Å². The van der Waals surface area contributed by atoms with Gasteiger partial charge in [0.15, 0.2) is 0 Å². The standard InChI is InChI=1S/C32H28F8N4O/c1-4-17-6-5-7-20-25-27(34)29(2,41-16-45)13-24(33)30(25,3)28-21-15-43(11-10-23(21)42-44(28)26(17)20)14-18-8-9-19(31(35,36)37)12-22(18)32(38,39)40/h5-9,12-13,16H,4,10-11,14-15H2,1-3H3,(H,41,45). The topological polar surface area (TPSA) is 50.2 Å². The third kappa shape index (κ3) is 4.69. The highest BCUT2D eigenvalue weighted by atomic mass is 19.4. The molecule has 2 aliphatic heterocycles. The number of allylic oxidation sites excluding steroid dienone is 2. The van der Waals surface area contributed by atoms with Crippen molar-refractivity contribution in [3.63, 3.8) is 0 Å². The Balaban J connectivity index is 1.50. The first-order valence-electron chi connectivity index (χ1n) is 14.3. The number of aromatic nitrogens is 2. The molecule has 3 aliphatic rings. The van der Waals surface area contributed by atoms with Crippen LogP contribution in [0.25, 0.3) is 11.3 Å². The van der Waals surface area contributed by atoms with Gasteiger partial charge in [0.1, 0.15) is 17.2 Å². The summed E-state index contributed by atoms with van der Waals surface area (Å²) in [6.07, 6.45) is -7.89. The number of hydrogen-bond donors (Lipinski definition) is 1. The lowest BCUT2D eigenvalue weighted by atomic mass is 9.65. The Kier molecular flexibility index (Phi) is 7.07. The number of hydrogen-bond acceptors (Lipinski definition) is 3. The van der Waals surface area contributed by atoms with Gasteiger partial charge in [-0.15, -0.1) is 0 Å². The van der Waals surface area contributed by atoms with Crippen molar-refractivity contribution in [1.82, 2.24) is 20.0 Å². The zero-order valence-electron chi connectivity index (χ0n) is 24.4. The number of alkyl halides is 6. The number of carbonyl (C=O) groups is 1. The molecule has 1 aromatic heterocycles. The second-order valence-corrected chi connectivity index (χ2v) is 12.0. The fraction of sp³-hybridized carbons (Fsp3) is 0.375. The molecular weight excluding hydrogens is 608 g/mol. The van der Waals surface area contributed by atoms with E-state index < -0.39 is 46.1 Å². The monoisotopic (exact) mass is 636 g/mol. The summed E-state index contributed by atoms with van der Waals surface area (Å²) in [5.74, 6) is -1.51. The Morgan fingerprint density at radius 3 is 2.40 bits per heavy atom. The number of nitrogens with zero attached hydrogens (tertiary/aromatic N) is 3. The van der Waals surface area contributed by atoms with E-state index in [0.29, 0.717) is 47.1 Å². The highest BCUT2D eigenvalue weighted by Crippen LogP contribution is 2.58. The van der Waals surface area contributed by atoms with E-state index >= 15 is 8.78 Å². The molecule has 1 amide bonds. The summed E-state index contributed by atoms with van der Waals surface area (Å²) >= 11 is 0. The lowest BCUT2D eigenvalue weighted by Gasteiger charge is -2.44. The molecule has 13 heteroatoms. The maximum absolute atomic E-state index is 16.6. The van der Waals surface area contributed by atoms with Crippen molar-refractivity contribution in [1.29, 1.82) is 0 Å². The van der Waals surface area contributed by atoms with Crippen LogP contribution in [0, 0.1) is 0 Å². The van der Waals surface area contributed by atoms with Gasteiger partial charge in [-0.3, -0.25) is 9.69 Å². The van der Waals surface area contributed by atoms with Gasteiger partial charge >= 0.3 is 12.4 Å². The summed E-state index contributed by atoms with van der Waals surface area (Å²) in [5.41, 5.74) is -3.46. The van der Waals surface area contributed by atoms with Crippen LogP contribution in [0.3, 0.4) is 0 Å². The largest absolute Gasteiger partial charge is 0.416 e. The quantitative estimate of drug-likeness (QED) is 0.235. The summed E-state index contributed by atoms with van der Waals surface area (Å²) in [5, 5.41) is 7.19. The second-order valence-electron chi connectivity index (χ2n) is 12.0. The second kappa shape index (κ2) is 10.3. The molecule has 5 nitrogen and oxygen atoms in total. The first kappa shape index (κ1) is 31.0. The minimum Gasteiger partial charge on any atom is -0.344 e. The molecule has 2 atom stereocenters. The predicted octanol–water partition coefficient (Wildman–Crippen LogP) is 7.35. The number of benzene rings is 2. The summed E-state index contributed by atoms with van der Waals surface area (Å²) < 4.78 is 116. The molecule has 3 aromatic rings. The van der Waals surface area contributed by atoms with Gasteiger partial charge in [0.05, 0.1) is 33.6 Å². The minimum absolute atomic E-state index is 0.00572. The maximum Gasteiger partial charge on any atom is 0.416 e. The first-order valence-corrected chi connectivity index (χ1v) is 14.3. The molecule has 1 N–H and O–H groups in total. The van der Waals surface area contributed by atoms with Crippen molar-refractivity contribution in [3.8, 4) is 5.69 Å². The molecule has 2 unspecified atom stereocenters. The van der Waals surface area contributed by atoms with Gasteiger partial charge in [-0.2, -0.15) is 31.4 Å². The fourth-order valence-corrected chi connectivity index (χ4v) is 6.87. The number of aryl methyl sites for hydroxylation is 1. The number of para-hydroxylation sites is 1. The number of amides is 1. The number of fused-ring (bicyclic) bond motifs is 8. The normalized spacial score (nSPS) is 23.1. The lowest BCUT2D eigenvalue weighted by molar-refractivity contribution is -0.143. The Bertz CT molecular complexity index is 1790. The Morgan fingerprint density at radius 2 is 1.76 bits per heavy atom. The first-order chi connectivity index (χ1) is 21.0. The van der Waals surface area contributed by atoms with E-state index in [0.717, 1.165) is 17.7 Å². The van der Waals surface area contributed by atoms with Gasteiger partial charge < -0.3 is 5.32 Å². The van der Waals surface area contributed by atoms with E-state index in [1.807, 2.05) is 13.0 Å². The Morgan fingerprint density at radius 1 is 1.02 bits per heavy atom. The number of rotatable bonds is 5. The Hall–Kier alpha value is -4.00. The lowest BCUT2D eigenvalue weighted by Crippen LogP contribution is -2.48. The van der Waals surface area contributed by atoms with Gasteiger partial charge in [0.25, 0.3) is 0 Å². The van der Waals surface area contributed by atoms with E-state index in [2.05, 4.69) is 5.32 Å². The molecule has 45 heavy (non-hydrogen) atoms. The molecular formula is C32H28F8N4O. The average molecular weight is 637 g/mol. The van der Waals surface area contributed by atoms with Crippen molar-refractivity contribution < 1.29 is 39.9 Å². The third-order valence-corrected chi connectivity index (χ3v) is 9.13. The molecule has 1 aliphatic carbocycles. The fourth-order valence-electron chi connectivity index (χ4n) is 6.87. The molecule has 0 radical (unpaired) electrons.